The summed E-state index contributed by atoms with van der Waals surface area (Å²) in [7, 11) is 0. The summed E-state index contributed by atoms with van der Waals surface area (Å²) in [5.41, 5.74) is -2.77. The minimum Gasteiger partial charge on any atom is -0.455 e. The molecule has 21 rings (SSSR count). The Morgan fingerprint density at radius 1 is 0.474 bits per heavy atom. The maximum Gasteiger partial charge on any atom is 0.377 e. The molecule has 0 aromatic heterocycles. The number of hydrogen-bond donors (Lipinski definition) is 1. The maximum atomic E-state index is 13.6. The van der Waals surface area contributed by atoms with Gasteiger partial charge < -0.3 is 90.4 Å². The first-order valence-corrected chi connectivity index (χ1v) is 33.2. The van der Waals surface area contributed by atoms with Gasteiger partial charge in [0.25, 0.3) is 0 Å². The van der Waals surface area contributed by atoms with E-state index in [1.165, 1.54) is 6.92 Å². The molecule has 12 aliphatic carbocycles. The second-order valence-corrected chi connectivity index (χ2v) is 30.3. The van der Waals surface area contributed by atoms with Gasteiger partial charge in [0.05, 0.1) is 0 Å². The Balaban J connectivity index is 0.000000113. The van der Waals surface area contributed by atoms with Gasteiger partial charge in [-0.1, -0.05) is 0 Å². The largest absolute Gasteiger partial charge is 0.455 e. The average Bonchev–Trinajstić information content (AvgIpc) is 1.63. The van der Waals surface area contributed by atoms with Crippen LogP contribution >= 0.6 is 0 Å². The van der Waals surface area contributed by atoms with Gasteiger partial charge in [-0.2, -0.15) is 26.3 Å². The molecule has 26 nitrogen and oxygen atoms in total. The van der Waals surface area contributed by atoms with Crippen LogP contribution in [0, 0.1) is 53.3 Å². The zero-order chi connectivity index (χ0) is 67.0. The summed E-state index contributed by atoms with van der Waals surface area (Å²) in [4.78, 5) is 83.4. The van der Waals surface area contributed by atoms with Crippen LogP contribution in [0.25, 0.3) is 0 Å². The SMILES string of the molecule is CC(=O)OC1C(=O)OC2C3OC4(OC3OC12)C1CC2CC4CC(OC(=O)C(C)(F)F)(C2)C1.CC(F)(F)C(=O)OC12CC3CC(C1)C1(OC4OC5C(O)C(=O)OC5C4O1)C(C3)C2.CCOC(C)OC1C(=O)OC2C3OC4(OC3OC12)C1CC2CC4CC(OC(=O)C(C)(F)F)(C2)C1. The highest BCUT2D eigenvalue weighted by molar-refractivity contribution is 5.82. The van der Waals surface area contributed by atoms with Crippen molar-refractivity contribution in [2.24, 2.45) is 53.3 Å². The van der Waals surface area contributed by atoms with E-state index in [4.69, 9.17) is 85.3 Å². The number of carbonyl (C=O) groups is 7. The molecule has 526 valence electrons. The van der Waals surface area contributed by atoms with Gasteiger partial charge in [0.1, 0.15) is 35.1 Å². The van der Waals surface area contributed by atoms with Crippen molar-refractivity contribution in [2.45, 2.75) is 288 Å². The molecule has 32 heteroatoms. The number of fused-ring (bicyclic) bond motifs is 9. The lowest BCUT2D eigenvalue weighted by Crippen LogP contribution is -2.66. The van der Waals surface area contributed by atoms with Crippen LogP contribution in [0.4, 0.5) is 26.3 Å². The molecule has 22 atom stereocenters. The minimum absolute atomic E-state index is 0.133. The number of aliphatic hydroxyl groups excluding tert-OH is 1. The molecule has 0 aromatic rings. The van der Waals surface area contributed by atoms with Crippen LogP contribution < -0.4 is 0 Å². The van der Waals surface area contributed by atoms with Crippen molar-refractivity contribution in [3.63, 3.8) is 0 Å². The molecule has 21 aliphatic rings. The van der Waals surface area contributed by atoms with E-state index in [0.29, 0.717) is 85.2 Å². The van der Waals surface area contributed by atoms with Crippen LogP contribution in [0.5, 0.6) is 0 Å². The Morgan fingerprint density at radius 3 is 1.13 bits per heavy atom. The molecule has 1 N–H and O–H groups in total. The van der Waals surface area contributed by atoms with E-state index in [0.717, 1.165) is 38.5 Å². The van der Waals surface area contributed by atoms with Crippen LogP contribution in [-0.4, -0.2) is 204 Å². The molecule has 3 spiro atoms. The molecular formula is C63H76F6O26. The van der Waals surface area contributed by atoms with Crippen molar-refractivity contribution >= 4 is 41.8 Å². The third-order valence-corrected chi connectivity index (χ3v) is 23.7. The molecule has 0 amide bonds. The molecule has 12 saturated carbocycles. The van der Waals surface area contributed by atoms with Crippen molar-refractivity contribution < 1.29 is 150 Å². The van der Waals surface area contributed by atoms with E-state index in [1.807, 2.05) is 6.92 Å². The van der Waals surface area contributed by atoms with E-state index in [2.05, 4.69) is 0 Å². The lowest BCUT2D eigenvalue weighted by Gasteiger charge is -2.62. The molecular weight excluding hydrogens is 1290 g/mol. The topological polar surface area (TPSA) is 306 Å². The third kappa shape index (κ3) is 10.2. The van der Waals surface area contributed by atoms with Gasteiger partial charge in [0.15, 0.2) is 91.4 Å². The standard InChI is InChI=1S/C23H30F2O9.C21H24F2O9.C19H22F2O8/c1-4-28-10(2)29-16-14-15(30-18(16)26)17-19(31-14)33-23(32-17)12-5-11-6-13(23)9-22(7-11,8-12)34-20(27)21(3,24)25;1-8(24)27-14-12-13(28-16(14)25)15-17(29-12)31-21(30-15)10-3-9-4-11(21)7-20(5-9,6-10)32-18(26)19(2,22)23;1-17(20,21)16(24)29-18-4-7-2-8(5-18)19(9(3-7)6-18)27-13-12-11(26-15(13)28-19)10(22)14(23)25-12/h10-17,19H,4-9H2,1-3H3;9-15,17H,3-7H2,1-2H3;7-13,15,22H,2-6H2,1H3. The number of aliphatic hydroxyl groups is 1. The first-order chi connectivity index (χ1) is 44.6. The summed E-state index contributed by atoms with van der Waals surface area (Å²) in [5.74, 6) is -20.7. The summed E-state index contributed by atoms with van der Waals surface area (Å²) in [5, 5.41) is 9.89. The number of ether oxygens (including phenoxy) is 18. The van der Waals surface area contributed by atoms with Crippen LogP contribution in [0.1, 0.15) is 138 Å². The second kappa shape index (κ2) is 21.7. The van der Waals surface area contributed by atoms with Crippen LogP contribution in [-0.2, 0) is 119 Å². The fourth-order valence-electron chi connectivity index (χ4n) is 20.9. The maximum absolute atomic E-state index is 13.6. The molecule has 22 unspecified atom stereocenters. The predicted octanol–water partition coefficient (Wildman–Crippen LogP) is 4.64. The average molecular weight is 1360 g/mol. The lowest BCUT2D eigenvalue weighted by molar-refractivity contribution is -0.344. The van der Waals surface area contributed by atoms with Gasteiger partial charge in [0, 0.05) is 69.8 Å². The third-order valence-electron chi connectivity index (χ3n) is 23.7. The van der Waals surface area contributed by atoms with Gasteiger partial charge in [-0.3, -0.25) is 4.79 Å². The Morgan fingerprint density at radius 2 is 0.789 bits per heavy atom. The van der Waals surface area contributed by atoms with Gasteiger partial charge in [-0.05, 0) is 128 Å². The van der Waals surface area contributed by atoms with E-state index in [9.17, 15) is 65.0 Å². The smallest absolute Gasteiger partial charge is 0.377 e. The highest BCUT2D eigenvalue weighted by atomic mass is 19.3. The van der Waals surface area contributed by atoms with Crippen molar-refractivity contribution in [3.05, 3.63) is 0 Å². The number of esters is 7. The quantitative estimate of drug-likeness (QED) is 0.127. The normalized spacial score (nSPS) is 51.2. The van der Waals surface area contributed by atoms with E-state index in [1.54, 1.807) is 6.92 Å². The Hall–Kier alpha value is -4.61. The Labute approximate surface area is 538 Å². The summed E-state index contributed by atoms with van der Waals surface area (Å²) in [6, 6.07) is 0. The van der Waals surface area contributed by atoms with Gasteiger partial charge in [-0.25, -0.2) is 28.8 Å². The number of hydrogen-bond acceptors (Lipinski definition) is 26. The van der Waals surface area contributed by atoms with Crippen LogP contribution in [0.15, 0.2) is 0 Å². The van der Waals surface area contributed by atoms with E-state index >= 15 is 0 Å². The number of carbonyl (C=O) groups excluding carboxylic acids is 7. The number of halogens is 6. The summed E-state index contributed by atoms with van der Waals surface area (Å²) in [6.45, 7) is 6.82. The fraction of sp³-hybridized carbons (Fsp3) is 0.889. The van der Waals surface area contributed by atoms with Crippen molar-refractivity contribution in [1.29, 1.82) is 0 Å². The summed E-state index contributed by atoms with van der Waals surface area (Å²) >= 11 is 0. The second-order valence-electron chi connectivity index (χ2n) is 30.3. The molecule has 9 heterocycles. The molecule has 9 aliphatic heterocycles. The van der Waals surface area contributed by atoms with Gasteiger partial charge in [0.2, 0.25) is 6.10 Å². The first-order valence-electron chi connectivity index (χ1n) is 33.2. The lowest BCUT2D eigenvalue weighted by atomic mass is 9.51. The zero-order valence-electron chi connectivity index (χ0n) is 52.7. The Kier molecular flexibility index (Phi) is 14.9. The molecule has 0 radical (unpaired) electrons. The highest BCUT2D eigenvalue weighted by Gasteiger charge is 2.78. The fourth-order valence-corrected chi connectivity index (χ4v) is 20.9. The Bertz CT molecular complexity index is 3140. The van der Waals surface area contributed by atoms with Crippen molar-refractivity contribution in [3.8, 4) is 0 Å². The summed E-state index contributed by atoms with van der Waals surface area (Å²) in [6.07, 6.45) is -4.01. The van der Waals surface area contributed by atoms with Crippen molar-refractivity contribution in [1.82, 2.24) is 0 Å². The molecule has 12 bridgehead atoms. The van der Waals surface area contributed by atoms with Gasteiger partial charge >= 0.3 is 59.6 Å². The molecule has 0 aromatic carbocycles. The van der Waals surface area contributed by atoms with Crippen molar-refractivity contribution in [2.75, 3.05) is 6.61 Å². The monoisotopic (exact) mass is 1360 g/mol. The predicted molar refractivity (Wildman–Crippen MR) is 288 cm³/mol. The minimum atomic E-state index is -3.55. The number of rotatable bonds is 11. The summed E-state index contributed by atoms with van der Waals surface area (Å²) < 4.78 is 186. The molecule has 9 saturated heterocycles. The zero-order valence-corrected chi connectivity index (χ0v) is 52.7. The molecule has 21 fully saturated rings. The highest BCUT2D eigenvalue weighted by Crippen LogP contribution is 2.69. The van der Waals surface area contributed by atoms with E-state index < -0.39 is 192 Å². The molecule has 95 heavy (non-hydrogen) atoms. The van der Waals surface area contributed by atoms with Crippen LogP contribution in [0.2, 0.25) is 0 Å². The van der Waals surface area contributed by atoms with Crippen LogP contribution in [0.3, 0.4) is 0 Å². The number of alkyl halides is 6. The first kappa shape index (κ1) is 65.0. The van der Waals surface area contributed by atoms with E-state index in [-0.39, 0.29) is 53.3 Å². The van der Waals surface area contributed by atoms with Gasteiger partial charge in [-0.15, -0.1) is 0 Å².